The number of hydrogen-bond donors (Lipinski definition) is 2. The van der Waals surface area contributed by atoms with Crippen molar-refractivity contribution in [1.82, 2.24) is 0 Å². The number of esters is 1. The summed E-state index contributed by atoms with van der Waals surface area (Å²) in [4.78, 5) is 21.4. The molecule has 5 heteroatoms. The molecule has 0 saturated carbocycles. The van der Waals surface area contributed by atoms with Crippen LogP contribution in [0.5, 0.6) is 0 Å². The number of nitrogen functional groups attached to an aromatic ring is 1. The van der Waals surface area contributed by atoms with Crippen LogP contribution in [0.2, 0.25) is 0 Å². The van der Waals surface area contributed by atoms with Crippen LogP contribution in [-0.2, 0) is 20.7 Å². The zero-order valence-corrected chi connectivity index (χ0v) is 10.1. The zero-order chi connectivity index (χ0) is 13.5. The largest absolute Gasteiger partial charge is 0.478 e. The highest BCUT2D eigenvalue weighted by Crippen LogP contribution is 2.17. The minimum atomic E-state index is -1.01. The lowest BCUT2D eigenvalue weighted by Crippen LogP contribution is -2.03. The molecule has 0 saturated heterocycles. The molecular weight excluding hydrogens is 234 g/mol. The third-order valence-electron chi connectivity index (χ3n) is 2.41. The van der Waals surface area contributed by atoms with E-state index < -0.39 is 5.97 Å². The number of anilines is 1. The fourth-order valence-electron chi connectivity index (χ4n) is 1.45. The molecule has 18 heavy (non-hydrogen) atoms. The summed E-state index contributed by atoms with van der Waals surface area (Å²) in [6.45, 7) is 0. The number of carbonyl (C=O) groups excluding carboxylic acids is 1. The molecule has 0 fully saturated rings. The number of carboxylic acids is 1. The van der Waals surface area contributed by atoms with Gasteiger partial charge in [-0.05, 0) is 29.7 Å². The van der Waals surface area contributed by atoms with Crippen LogP contribution in [0.25, 0.3) is 6.08 Å². The van der Waals surface area contributed by atoms with Crippen LogP contribution in [-0.4, -0.2) is 24.2 Å². The number of rotatable bonds is 5. The van der Waals surface area contributed by atoms with Gasteiger partial charge in [-0.1, -0.05) is 12.1 Å². The Bertz CT molecular complexity index is 480. The predicted octanol–water partition coefficient (Wildman–Crippen LogP) is 1.47. The van der Waals surface area contributed by atoms with Crippen LogP contribution < -0.4 is 5.73 Å². The first-order valence-electron chi connectivity index (χ1n) is 5.39. The molecule has 5 nitrogen and oxygen atoms in total. The molecule has 0 radical (unpaired) electrons. The van der Waals surface area contributed by atoms with Crippen LogP contribution in [0.1, 0.15) is 17.5 Å². The van der Waals surface area contributed by atoms with E-state index in [9.17, 15) is 9.59 Å². The van der Waals surface area contributed by atoms with Crippen molar-refractivity contribution < 1.29 is 19.4 Å². The zero-order valence-electron chi connectivity index (χ0n) is 10.1. The van der Waals surface area contributed by atoms with Gasteiger partial charge < -0.3 is 15.6 Å². The molecule has 96 valence electrons. The van der Waals surface area contributed by atoms with Gasteiger partial charge in [0.25, 0.3) is 0 Å². The van der Waals surface area contributed by atoms with Gasteiger partial charge in [-0.2, -0.15) is 0 Å². The first-order chi connectivity index (χ1) is 8.52. The summed E-state index contributed by atoms with van der Waals surface area (Å²) in [7, 11) is 1.34. The number of carbonyl (C=O) groups is 2. The minimum absolute atomic E-state index is 0.269. The number of benzene rings is 1. The maximum absolute atomic E-state index is 11.0. The normalized spacial score (nSPS) is 10.5. The van der Waals surface area contributed by atoms with E-state index in [0.717, 1.165) is 11.6 Å². The number of carboxylic acid groups (broad SMARTS) is 1. The van der Waals surface area contributed by atoms with Crippen molar-refractivity contribution in [3.05, 3.63) is 35.4 Å². The Morgan fingerprint density at radius 2 is 2.17 bits per heavy atom. The van der Waals surface area contributed by atoms with Crippen LogP contribution in [0, 0.1) is 0 Å². The molecule has 0 aliphatic carbocycles. The van der Waals surface area contributed by atoms with E-state index in [1.807, 2.05) is 0 Å². The molecule has 1 aromatic rings. The third kappa shape index (κ3) is 4.29. The van der Waals surface area contributed by atoms with Crippen molar-refractivity contribution in [3.63, 3.8) is 0 Å². The standard InChI is InChI=1S/C13H15NO4/c1-18-13(17)7-5-10-4-2-9(8-11(10)14)3-6-12(15)16/h2-4,6,8H,5,7,14H2,1H3,(H,15,16). The van der Waals surface area contributed by atoms with E-state index in [0.29, 0.717) is 17.7 Å². The number of aliphatic carboxylic acids is 1. The molecule has 3 N–H and O–H groups in total. The average molecular weight is 249 g/mol. The molecule has 0 bridgehead atoms. The lowest BCUT2D eigenvalue weighted by molar-refractivity contribution is -0.140. The molecule has 0 aliphatic rings. The Morgan fingerprint density at radius 1 is 1.44 bits per heavy atom. The number of methoxy groups -OCH3 is 1. The predicted molar refractivity (Wildman–Crippen MR) is 67.9 cm³/mol. The Morgan fingerprint density at radius 3 is 2.72 bits per heavy atom. The van der Waals surface area contributed by atoms with Crippen molar-refractivity contribution in [2.24, 2.45) is 0 Å². The van der Waals surface area contributed by atoms with E-state index in [1.54, 1.807) is 18.2 Å². The highest BCUT2D eigenvalue weighted by atomic mass is 16.5. The highest BCUT2D eigenvalue weighted by Gasteiger charge is 2.04. The molecule has 0 aromatic heterocycles. The Balaban J connectivity index is 2.73. The van der Waals surface area contributed by atoms with Crippen LogP contribution in [0.4, 0.5) is 5.69 Å². The first kappa shape index (κ1) is 13.8. The monoisotopic (exact) mass is 249 g/mol. The van der Waals surface area contributed by atoms with E-state index >= 15 is 0 Å². The molecule has 0 atom stereocenters. The summed E-state index contributed by atoms with van der Waals surface area (Å²) in [6, 6.07) is 5.20. The van der Waals surface area contributed by atoms with Gasteiger partial charge in [0.15, 0.2) is 0 Å². The SMILES string of the molecule is COC(=O)CCc1ccc(C=CC(=O)O)cc1N. The highest BCUT2D eigenvalue weighted by molar-refractivity contribution is 5.85. The van der Waals surface area contributed by atoms with E-state index in [1.165, 1.54) is 13.2 Å². The van der Waals surface area contributed by atoms with Gasteiger partial charge in [0, 0.05) is 18.2 Å². The number of nitrogens with two attached hydrogens (primary N) is 1. The first-order valence-corrected chi connectivity index (χ1v) is 5.39. The van der Waals surface area contributed by atoms with Gasteiger partial charge in [-0.15, -0.1) is 0 Å². The summed E-state index contributed by atoms with van der Waals surface area (Å²) >= 11 is 0. The summed E-state index contributed by atoms with van der Waals surface area (Å²) in [5, 5.41) is 8.50. The van der Waals surface area contributed by atoms with Gasteiger partial charge in [0.2, 0.25) is 0 Å². The second-order valence-corrected chi connectivity index (χ2v) is 3.71. The molecule has 0 heterocycles. The average Bonchev–Trinajstić information content (AvgIpc) is 2.34. The summed E-state index contributed by atoms with van der Waals surface area (Å²) in [6.07, 6.45) is 3.28. The van der Waals surface area contributed by atoms with Crippen molar-refractivity contribution in [3.8, 4) is 0 Å². The molecule has 0 amide bonds. The van der Waals surface area contributed by atoms with Gasteiger partial charge in [-0.25, -0.2) is 4.79 Å². The molecule has 0 spiro atoms. The molecule has 0 aliphatic heterocycles. The smallest absolute Gasteiger partial charge is 0.328 e. The molecule has 0 unspecified atom stereocenters. The van der Waals surface area contributed by atoms with Crippen molar-refractivity contribution in [2.75, 3.05) is 12.8 Å². The second kappa shape index (κ2) is 6.44. The van der Waals surface area contributed by atoms with Crippen molar-refractivity contribution >= 4 is 23.7 Å². The summed E-state index contributed by atoms with van der Waals surface area (Å²) < 4.78 is 4.54. The summed E-state index contributed by atoms with van der Waals surface area (Å²) in [5.41, 5.74) is 7.90. The lowest BCUT2D eigenvalue weighted by atomic mass is 10.0. The van der Waals surface area contributed by atoms with Gasteiger partial charge >= 0.3 is 11.9 Å². The van der Waals surface area contributed by atoms with E-state index in [2.05, 4.69) is 4.74 Å². The fourth-order valence-corrected chi connectivity index (χ4v) is 1.45. The van der Waals surface area contributed by atoms with E-state index in [-0.39, 0.29) is 12.4 Å². The molecule has 1 aromatic carbocycles. The van der Waals surface area contributed by atoms with Gasteiger partial charge in [0.1, 0.15) is 0 Å². The second-order valence-electron chi connectivity index (χ2n) is 3.71. The third-order valence-corrected chi connectivity index (χ3v) is 2.41. The van der Waals surface area contributed by atoms with Crippen LogP contribution in [0.3, 0.4) is 0 Å². The number of ether oxygens (including phenoxy) is 1. The number of hydrogen-bond acceptors (Lipinski definition) is 4. The maximum atomic E-state index is 11.0. The fraction of sp³-hybridized carbons (Fsp3) is 0.231. The molecule has 1 rings (SSSR count). The summed E-state index contributed by atoms with van der Waals surface area (Å²) in [5.74, 6) is -1.30. The van der Waals surface area contributed by atoms with Crippen molar-refractivity contribution in [1.29, 1.82) is 0 Å². The van der Waals surface area contributed by atoms with Crippen LogP contribution in [0.15, 0.2) is 24.3 Å². The Kier molecular flexibility index (Phi) is 4.92. The number of aryl methyl sites for hydroxylation is 1. The van der Waals surface area contributed by atoms with Crippen LogP contribution >= 0.6 is 0 Å². The topological polar surface area (TPSA) is 89.6 Å². The quantitative estimate of drug-likeness (QED) is 0.468. The Labute approximate surface area is 105 Å². The van der Waals surface area contributed by atoms with Gasteiger partial charge in [-0.3, -0.25) is 4.79 Å². The maximum Gasteiger partial charge on any atom is 0.328 e. The van der Waals surface area contributed by atoms with Crippen molar-refractivity contribution in [2.45, 2.75) is 12.8 Å². The molecular formula is C13H15NO4. The van der Waals surface area contributed by atoms with Gasteiger partial charge in [0.05, 0.1) is 7.11 Å². The minimum Gasteiger partial charge on any atom is -0.478 e. The Hall–Kier alpha value is -2.30. The van der Waals surface area contributed by atoms with E-state index in [4.69, 9.17) is 10.8 Å². The lowest BCUT2D eigenvalue weighted by Gasteiger charge is -2.06.